The molecule has 0 saturated carbocycles. The molecule has 0 aliphatic heterocycles. The number of carbonyl (C=O) groups excluding carboxylic acids is 1. The normalized spacial score (nSPS) is 12.0. The summed E-state index contributed by atoms with van der Waals surface area (Å²) >= 11 is 6.01. The quantitative estimate of drug-likeness (QED) is 0.836. The Balaban J connectivity index is 2.63. The van der Waals surface area contributed by atoms with Crippen LogP contribution in [0.2, 0.25) is 5.02 Å². The number of halogens is 1. The lowest BCUT2D eigenvalue weighted by Gasteiger charge is -2.13. The van der Waals surface area contributed by atoms with Gasteiger partial charge < -0.3 is 15.4 Å². The Morgan fingerprint density at radius 2 is 2.22 bits per heavy atom. The Bertz CT molecular complexity index is 410. The van der Waals surface area contributed by atoms with Gasteiger partial charge in [0.15, 0.2) is 0 Å². The number of hydrogen-bond acceptors (Lipinski definition) is 3. The van der Waals surface area contributed by atoms with Crippen molar-refractivity contribution >= 4 is 23.2 Å². The molecule has 0 fully saturated rings. The van der Waals surface area contributed by atoms with Crippen LogP contribution in [0.15, 0.2) is 18.2 Å². The van der Waals surface area contributed by atoms with Crippen LogP contribution >= 0.6 is 11.6 Å². The number of benzene rings is 1. The molecule has 1 atom stereocenters. The van der Waals surface area contributed by atoms with Crippen molar-refractivity contribution < 1.29 is 9.53 Å². The third-order valence-electron chi connectivity index (χ3n) is 2.49. The van der Waals surface area contributed by atoms with Crippen LogP contribution in [-0.4, -0.2) is 25.6 Å². The third kappa shape index (κ3) is 4.55. The van der Waals surface area contributed by atoms with Crippen LogP contribution in [0, 0.1) is 0 Å². The molecule has 18 heavy (non-hydrogen) atoms. The van der Waals surface area contributed by atoms with Crippen molar-refractivity contribution in [2.45, 2.75) is 26.3 Å². The van der Waals surface area contributed by atoms with Crippen molar-refractivity contribution in [3.8, 4) is 5.75 Å². The average Bonchev–Trinajstić information content (AvgIpc) is 2.32. The summed E-state index contributed by atoms with van der Waals surface area (Å²) < 4.78 is 5.09. The molecule has 2 N–H and O–H groups in total. The lowest BCUT2D eigenvalue weighted by Crippen LogP contribution is -2.30. The minimum absolute atomic E-state index is 0.0707. The molecule has 0 aromatic heterocycles. The number of carbonyl (C=O) groups is 1. The van der Waals surface area contributed by atoms with E-state index in [2.05, 4.69) is 10.6 Å². The predicted octanol–water partition coefficient (Wildman–Crippen LogP) is 2.68. The Morgan fingerprint density at radius 3 is 2.83 bits per heavy atom. The Morgan fingerprint density at radius 1 is 1.50 bits per heavy atom. The van der Waals surface area contributed by atoms with E-state index in [0.29, 0.717) is 22.9 Å². The zero-order chi connectivity index (χ0) is 13.5. The van der Waals surface area contributed by atoms with E-state index in [1.54, 1.807) is 25.3 Å². The Labute approximate surface area is 113 Å². The van der Waals surface area contributed by atoms with Crippen molar-refractivity contribution in [3.63, 3.8) is 0 Å². The summed E-state index contributed by atoms with van der Waals surface area (Å²) in [6.07, 6.45) is 0.404. The van der Waals surface area contributed by atoms with Crippen LogP contribution in [0.25, 0.3) is 0 Å². The minimum atomic E-state index is -0.0707. The molecule has 1 amide bonds. The van der Waals surface area contributed by atoms with Crippen LogP contribution in [0.1, 0.15) is 20.3 Å². The number of methoxy groups -OCH3 is 1. The predicted molar refractivity (Wildman–Crippen MR) is 74.4 cm³/mol. The van der Waals surface area contributed by atoms with E-state index >= 15 is 0 Å². The molecule has 0 spiro atoms. The fraction of sp³-hybridized carbons (Fsp3) is 0.462. The third-order valence-corrected chi connectivity index (χ3v) is 2.82. The number of amides is 1. The average molecular weight is 271 g/mol. The molecule has 0 saturated heterocycles. The zero-order valence-corrected chi connectivity index (χ0v) is 11.7. The highest BCUT2D eigenvalue weighted by Gasteiger charge is 2.10. The van der Waals surface area contributed by atoms with Gasteiger partial charge in [0.1, 0.15) is 5.75 Å². The van der Waals surface area contributed by atoms with E-state index in [1.165, 1.54) is 0 Å². The van der Waals surface area contributed by atoms with Crippen molar-refractivity contribution in [1.82, 2.24) is 5.32 Å². The van der Waals surface area contributed by atoms with E-state index in [1.807, 2.05) is 13.8 Å². The summed E-state index contributed by atoms with van der Waals surface area (Å²) in [5.41, 5.74) is 0.574. The van der Waals surface area contributed by atoms with Gasteiger partial charge >= 0.3 is 0 Å². The van der Waals surface area contributed by atoms with Gasteiger partial charge in [0.2, 0.25) is 5.91 Å². The van der Waals surface area contributed by atoms with Crippen molar-refractivity contribution in [2.24, 2.45) is 0 Å². The molecule has 5 heteroatoms. The summed E-state index contributed by atoms with van der Waals surface area (Å²) in [5.74, 6) is 0.591. The lowest BCUT2D eigenvalue weighted by atomic mass is 10.2. The first-order valence-corrected chi connectivity index (χ1v) is 6.31. The van der Waals surface area contributed by atoms with Gasteiger partial charge in [0, 0.05) is 18.5 Å². The van der Waals surface area contributed by atoms with E-state index in [0.717, 1.165) is 6.54 Å². The highest BCUT2D eigenvalue weighted by molar-refractivity contribution is 6.33. The largest absolute Gasteiger partial charge is 0.497 e. The maximum absolute atomic E-state index is 11.8. The highest BCUT2D eigenvalue weighted by Crippen LogP contribution is 2.26. The lowest BCUT2D eigenvalue weighted by molar-refractivity contribution is -0.116. The Hall–Kier alpha value is -1.26. The van der Waals surface area contributed by atoms with Gasteiger partial charge in [-0.3, -0.25) is 4.79 Å². The van der Waals surface area contributed by atoms with Crippen molar-refractivity contribution in [2.75, 3.05) is 19.0 Å². The van der Waals surface area contributed by atoms with Gasteiger partial charge in [-0.25, -0.2) is 0 Å². The second kappa shape index (κ2) is 7.24. The molecule has 1 aromatic carbocycles. The molecular formula is C13H19ClN2O2. The summed E-state index contributed by atoms with van der Waals surface area (Å²) in [5, 5.41) is 6.46. The molecule has 1 aromatic rings. The standard InChI is InChI=1S/C13H19ClN2O2/c1-4-15-9(2)7-13(17)16-12-8-10(18-3)5-6-11(12)14/h5-6,8-9,15H,4,7H2,1-3H3,(H,16,17). The van der Waals surface area contributed by atoms with E-state index in [-0.39, 0.29) is 11.9 Å². The smallest absolute Gasteiger partial charge is 0.225 e. The van der Waals surface area contributed by atoms with Crippen LogP contribution in [0.4, 0.5) is 5.69 Å². The topological polar surface area (TPSA) is 50.4 Å². The molecule has 0 heterocycles. The molecular weight excluding hydrogens is 252 g/mol. The van der Waals surface area contributed by atoms with Gasteiger partial charge in [-0.2, -0.15) is 0 Å². The van der Waals surface area contributed by atoms with Crippen LogP contribution < -0.4 is 15.4 Å². The SMILES string of the molecule is CCNC(C)CC(=O)Nc1cc(OC)ccc1Cl. The monoisotopic (exact) mass is 270 g/mol. The number of ether oxygens (including phenoxy) is 1. The second-order valence-electron chi connectivity index (χ2n) is 4.06. The van der Waals surface area contributed by atoms with Crippen LogP contribution in [-0.2, 0) is 4.79 Å². The molecule has 1 unspecified atom stereocenters. The van der Waals surface area contributed by atoms with E-state index < -0.39 is 0 Å². The molecule has 0 bridgehead atoms. The molecule has 0 aliphatic rings. The van der Waals surface area contributed by atoms with Gasteiger partial charge in [-0.1, -0.05) is 18.5 Å². The maximum atomic E-state index is 11.8. The van der Waals surface area contributed by atoms with E-state index in [4.69, 9.17) is 16.3 Å². The van der Waals surface area contributed by atoms with E-state index in [9.17, 15) is 4.79 Å². The fourth-order valence-corrected chi connectivity index (χ4v) is 1.79. The summed E-state index contributed by atoms with van der Waals surface area (Å²) in [6, 6.07) is 5.29. The van der Waals surface area contributed by atoms with Gasteiger partial charge in [0.25, 0.3) is 0 Å². The van der Waals surface area contributed by atoms with Crippen LogP contribution in [0.5, 0.6) is 5.75 Å². The first kappa shape index (κ1) is 14.8. The maximum Gasteiger partial charge on any atom is 0.225 e. The molecule has 4 nitrogen and oxygen atoms in total. The zero-order valence-electron chi connectivity index (χ0n) is 10.9. The van der Waals surface area contributed by atoms with Gasteiger partial charge in [0.05, 0.1) is 17.8 Å². The molecule has 0 aliphatic carbocycles. The number of anilines is 1. The van der Waals surface area contributed by atoms with Gasteiger partial charge in [-0.15, -0.1) is 0 Å². The molecule has 0 radical (unpaired) electrons. The number of rotatable bonds is 6. The first-order chi connectivity index (χ1) is 8.56. The summed E-state index contributed by atoms with van der Waals surface area (Å²) in [7, 11) is 1.57. The van der Waals surface area contributed by atoms with Gasteiger partial charge in [-0.05, 0) is 25.6 Å². The second-order valence-corrected chi connectivity index (χ2v) is 4.46. The van der Waals surface area contributed by atoms with Crippen molar-refractivity contribution in [3.05, 3.63) is 23.2 Å². The number of hydrogen-bond donors (Lipinski definition) is 2. The highest BCUT2D eigenvalue weighted by atomic mass is 35.5. The first-order valence-electron chi connectivity index (χ1n) is 5.93. The molecule has 1 rings (SSSR count). The Kier molecular flexibility index (Phi) is 5.95. The minimum Gasteiger partial charge on any atom is -0.497 e. The fourth-order valence-electron chi connectivity index (χ4n) is 1.63. The van der Waals surface area contributed by atoms with Crippen molar-refractivity contribution in [1.29, 1.82) is 0 Å². The molecule has 100 valence electrons. The number of nitrogens with one attached hydrogen (secondary N) is 2. The van der Waals surface area contributed by atoms with Crippen LogP contribution in [0.3, 0.4) is 0 Å². The summed E-state index contributed by atoms with van der Waals surface area (Å²) in [6.45, 7) is 4.82. The summed E-state index contributed by atoms with van der Waals surface area (Å²) in [4.78, 5) is 11.8.